The lowest BCUT2D eigenvalue weighted by Crippen LogP contribution is -2.27. The first kappa shape index (κ1) is 38.9. The molecule has 0 aromatic carbocycles. The summed E-state index contributed by atoms with van der Waals surface area (Å²) in [6.45, 7) is 2.52. The van der Waals surface area contributed by atoms with E-state index in [-0.39, 0.29) is 48.2 Å². The largest absolute Gasteiger partial charge is 0.483 e. The van der Waals surface area contributed by atoms with Gasteiger partial charge in [0.25, 0.3) is 12.4 Å². The summed E-state index contributed by atoms with van der Waals surface area (Å²) < 4.78 is 39.8. The molecule has 3 heterocycles. The Morgan fingerprint density at radius 2 is 1.78 bits per heavy atom. The molecule has 49 heavy (non-hydrogen) atoms. The Balaban J connectivity index is 0.000000852. The van der Waals surface area contributed by atoms with Gasteiger partial charge in [0.2, 0.25) is 5.95 Å². The summed E-state index contributed by atoms with van der Waals surface area (Å²) in [5.41, 5.74) is 6.26. The average molecular weight is 704 g/mol. The highest BCUT2D eigenvalue weighted by molar-refractivity contribution is 7.13. The second-order valence-electron chi connectivity index (χ2n) is 11.2. The van der Waals surface area contributed by atoms with Crippen molar-refractivity contribution in [3.63, 3.8) is 0 Å². The van der Waals surface area contributed by atoms with Gasteiger partial charge in [-0.3, -0.25) is 19.4 Å². The fourth-order valence-corrected chi connectivity index (χ4v) is 5.92. The van der Waals surface area contributed by atoms with Crippen LogP contribution in [-0.2, 0) is 25.8 Å². The third-order valence-corrected chi connectivity index (χ3v) is 8.67. The maximum atomic E-state index is 14.5. The Morgan fingerprint density at radius 1 is 1.12 bits per heavy atom. The molecule has 5 rings (SSSR count). The number of halogens is 2. The Hall–Kier alpha value is -4.57. The monoisotopic (exact) mass is 703 g/mol. The third-order valence-electron chi connectivity index (χ3n) is 7.78. The maximum Gasteiger partial charge on any atom is 0.310 e. The molecule has 0 unspecified atom stereocenters. The molecular formula is C33H43F2N7O6S. The average Bonchev–Trinajstić information content (AvgIpc) is 3.82. The van der Waals surface area contributed by atoms with Crippen LogP contribution in [0.25, 0.3) is 16.3 Å². The van der Waals surface area contributed by atoms with Gasteiger partial charge in [-0.1, -0.05) is 38.5 Å². The predicted molar refractivity (Wildman–Crippen MR) is 180 cm³/mol. The number of carboxylic acid groups (broad SMARTS) is 1. The van der Waals surface area contributed by atoms with Crippen molar-refractivity contribution in [2.75, 3.05) is 13.7 Å². The summed E-state index contributed by atoms with van der Waals surface area (Å²) in [4.78, 5) is 46.4. The number of ether oxygens (including phenoxy) is 2. The zero-order valence-electron chi connectivity index (χ0n) is 27.6. The minimum Gasteiger partial charge on any atom is -0.483 e. The SMILES string of the molecule is CCOC.N/C(=C(\C=NC1CCCCC1)NC(=O)c1csc(-c2cnn(COC(=O)C3CCCCC3)c2)n1)c1nc(F)ccc1F.O=CO. The summed E-state index contributed by atoms with van der Waals surface area (Å²) >= 11 is 1.23. The smallest absolute Gasteiger partial charge is 0.310 e. The first-order chi connectivity index (χ1) is 23.7. The number of allylic oxidation sites excluding steroid dienone is 1. The van der Waals surface area contributed by atoms with E-state index in [0.717, 1.165) is 82.9 Å². The van der Waals surface area contributed by atoms with Crippen LogP contribution in [0.2, 0.25) is 0 Å². The van der Waals surface area contributed by atoms with Gasteiger partial charge in [0, 0.05) is 37.1 Å². The number of aromatic nitrogens is 4. The van der Waals surface area contributed by atoms with Crippen molar-refractivity contribution in [2.45, 2.75) is 83.9 Å². The van der Waals surface area contributed by atoms with Crippen molar-refractivity contribution in [1.82, 2.24) is 25.1 Å². The zero-order valence-corrected chi connectivity index (χ0v) is 28.5. The van der Waals surface area contributed by atoms with E-state index in [0.29, 0.717) is 10.6 Å². The Labute approximate surface area is 287 Å². The van der Waals surface area contributed by atoms with Crippen LogP contribution in [0.15, 0.2) is 40.6 Å². The van der Waals surface area contributed by atoms with E-state index in [1.54, 1.807) is 24.9 Å². The summed E-state index contributed by atoms with van der Waals surface area (Å²) in [6.07, 6.45) is 14.6. The Morgan fingerprint density at radius 3 is 2.43 bits per heavy atom. The normalized spacial score (nSPS) is 15.7. The molecule has 0 saturated heterocycles. The van der Waals surface area contributed by atoms with Gasteiger partial charge in [0.1, 0.15) is 16.4 Å². The van der Waals surface area contributed by atoms with Gasteiger partial charge in [-0.05, 0) is 44.7 Å². The fourth-order valence-electron chi connectivity index (χ4n) is 5.14. The predicted octanol–water partition coefficient (Wildman–Crippen LogP) is 5.58. The van der Waals surface area contributed by atoms with Crippen LogP contribution in [0.5, 0.6) is 0 Å². The molecule has 1 amide bonds. The van der Waals surface area contributed by atoms with E-state index in [1.807, 2.05) is 6.92 Å². The number of pyridine rings is 1. The molecule has 0 aliphatic heterocycles. The molecule has 266 valence electrons. The molecule has 16 heteroatoms. The van der Waals surface area contributed by atoms with Crippen LogP contribution in [-0.4, -0.2) is 69.2 Å². The number of aliphatic imine (C=N–C) groups is 1. The first-order valence-corrected chi connectivity index (χ1v) is 17.0. The summed E-state index contributed by atoms with van der Waals surface area (Å²) in [7, 11) is 1.68. The highest BCUT2D eigenvalue weighted by atomic mass is 32.1. The molecule has 2 aliphatic carbocycles. The van der Waals surface area contributed by atoms with Crippen molar-refractivity contribution in [3.8, 4) is 10.6 Å². The van der Waals surface area contributed by atoms with Crippen LogP contribution in [0.3, 0.4) is 0 Å². The van der Waals surface area contributed by atoms with Gasteiger partial charge < -0.3 is 25.6 Å². The number of rotatable bonds is 10. The molecule has 0 spiro atoms. The van der Waals surface area contributed by atoms with Crippen LogP contribution < -0.4 is 11.1 Å². The number of carbonyl (C=O) groups excluding carboxylic acids is 2. The Bertz CT molecular complexity index is 1560. The van der Waals surface area contributed by atoms with Gasteiger partial charge in [0.15, 0.2) is 12.5 Å². The number of methoxy groups -OCH3 is 1. The first-order valence-electron chi connectivity index (χ1n) is 16.1. The molecule has 0 radical (unpaired) electrons. The van der Waals surface area contributed by atoms with Gasteiger partial charge in [-0.2, -0.15) is 9.49 Å². The molecule has 3 aromatic rings. The highest BCUT2D eigenvalue weighted by Crippen LogP contribution is 2.26. The minimum absolute atomic E-state index is 0.00437. The molecule has 0 bridgehead atoms. The van der Waals surface area contributed by atoms with E-state index >= 15 is 0 Å². The zero-order chi connectivity index (χ0) is 35.6. The lowest BCUT2D eigenvalue weighted by molar-refractivity contribution is -0.154. The van der Waals surface area contributed by atoms with Crippen LogP contribution in [0.1, 0.15) is 87.3 Å². The lowest BCUT2D eigenvalue weighted by Gasteiger charge is -2.19. The number of esters is 1. The van der Waals surface area contributed by atoms with Crippen molar-refractivity contribution >= 4 is 41.6 Å². The van der Waals surface area contributed by atoms with E-state index in [4.69, 9.17) is 20.4 Å². The fraction of sp³-hybridized carbons (Fsp3) is 0.485. The van der Waals surface area contributed by atoms with E-state index in [2.05, 4.69) is 30.1 Å². The molecule has 0 atom stereocenters. The second kappa shape index (κ2) is 20.7. The van der Waals surface area contributed by atoms with Crippen molar-refractivity contribution < 1.29 is 37.7 Å². The van der Waals surface area contributed by atoms with Crippen molar-refractivity contribution in [1.29, 1.82) is 0 Å². The van der Waals surface area contributed by atoms with Crippen molar-refractivity contribution in [2.24, 2.45) is 16.6 Å². The van der Waals surface area contributed by atoms with Gasteiger partial charge in [-0.25, -0.2) is 19.0 Å². The van der Waals surface area contributed by atoms with Crippen molar-refractivity contribution in [3.05, 3.63) is 58.8 Å². The number of amides is 1. The summed E-state index contributed by atoms with van der Waals surface area (Å²) in [6, 6.07) is 1.86. The molecule has 2 fully saturated rings. The van der Waals surface area contributed by atoms with Gasteiger partial charge >= 0.3 is 5.97 Å². The van der Waals surface area contributed by atoms with Crippen LogP contribution in [0.4, 0.5) is 8.78 Å². The highest BCUT2D eigenvalue weighted by Gasteiger charge is 2.23. The minimum atomic E-state index is -0.905. The quantitative estimate of drug-likeness (QED) is 0.104. The van der Waals surface area contributed by atoms with Gasteiger partial charge in [0.05, 0.1) is 29.6 Å². The van der Waals surface area contributed by atoms with Gasteiger partial charge in [-0.15, -0.1) is 11.3 Å². The molecule has 13 nitrogen and oxygen atoms in total. The third kappa shape index (κ3) is 12.4. The van der Waals surface area contributed by atoms with E-state index in [1.165, 1.54) is 22.2 Å². The number of hydrogen-bond acceptors (Lipinski definition) is 11. The number of nitrogens with two attached hydrogens (primary N) is 1. The molecule has 4 N–H and O–H groups in total. The van der Waals surface area contributed by atoms with E-state index in [9.17, 15) is 18.4 Å². The Kier molecular flexibility index (Phi) is 16.4. The molecular weight excluding hydrogens is 660 g/mol. The summed E-state index contributed by atoms with van der Waals surface area (Å²) in [5, 5.41) is 15.9. The topological polar surface area (TPSA) is 184 Å². The van der Waals surface area contributed by atoms with Crippen LogP contribution >= 0.6 is 11.3 Å². The standard InChI is InChI=1S/C29H33F2N7O3S.C3H8O.CH2O2/c30-21-11-12-24(31)37-26(21)25(32)22(14-33-20-9-5-2-6-10-20)35-27(39)23-16-42-28(36-23)19-13-34-38(15-19)17-41-29(40)18-7-3-1-4-8-18;1-3-4-2;2-1-3/h11-16,18,20H,1-10,17,32H2,(H,35,39);3H2,1-2H3;1H,(H,2,3)/b25-22+,33-14?;;. The number of thiazole rings is 1. The van der Waals surface area contributed by atoms with Crippen LogP contribution in [0, 0.1) is 17.7 Å². The summed E-state index contributed by atoms with van der Waals surface area (Å²) in [5.74, 6) is -2.59. The number of hydrogen-bond donors (Lipinski definition) is 3. The number of carbonyl (C=O) groups is 3. The van der Waals surface area contributed by atoms with E-state index < -0.39 is 23.4 Å². The molecule has 2 saturated carbocycles. The second-order valence-corrected chi connectivity index (χ2v) is 12.1. The molecule has 3 aromatic heterocycles. The molecule has 2 aliphatic rings. The maximum absolute atomic E-state index is 14.5. The number of nitrogens with zero attached hydrogens (tertiary/aromatic N) is 5. The number of nitrogens with one attached hydrogen (secondary N) is 1. The lowest BCUT2D eigenvalue weighted by atomic mass is 9.89.